The van der Waals surface area contributed by atoms with E-state index in [1.54, 1.807) is 6.92 Å². The molecule has 0 aliphatic rings. The lowest BCUT2D eigenvalue weighted by atomic mass is 10.00. The fourth-order valence-electron chi connectivity index (χ4n) is 2.44. The van der Waals surface area contributed by atoms with Gasteiger partial charge >= 0.3 is 11.9 Å². The number of hydrogen-bond acceptors (Lipinski definition) is 4. The van der Waals surface area contributed by atoms with Crippen LogP contribution in [0.3, 0.4) is 0 Å². The van der Waals surface area contributed by atoms with Gasteiger partial charge in [-0.2, -0.15) is 0 Å². The van der Waals surface area contributed by atoms with E-state index in [9.17, 15) is 19.8 Å². The molecule has 25 heavy (non-hydrogen) atoms. The summed E-state index contributed by atoms with van der Waals surface area (Å²) >= 11 is 5.96. The maximum Gasteiger partial charge on any atom is 0.336 e. The molecule has 0 amide bonds. The number of rotatable bonds is 11. The maximum atomic E-state index is 11.6. The Morgan fingerprint density at radius 3 is 2.36 bits per heavy atom. The van der Waals surface area contributed by atoms with Gasteiger partial charge in [-0.3, -0.25) is 0 Å². The molecule has 0 bridgehead atoms. The van der Waals surface area contributed by atoms with Crippen molar-refractivity contribution in [1.29, 1.82) is 0 Å². The van der Waals surface area contributed by atoms with E-state index in [4.69, 9.17) is 16.3 Å². The lowest BCUT2D eigenvalue weighted by Gasteiger charge is -2.15. The molecule has 1 N–H and O–H groups in total. The van der Waals surface area contributed by atoms with Crippen molar-refractivity contribution in [2.75, 3.05) is 6.61 Å². The van der Waals surface area contributed by atoms with Gasteiger partial charge in [0.1, 0.15) is 0 Å². The van der Waals surface area contributed by atoms with Crippen molar-refractivity contribution in [3.63, 3.8) is 0 Å². The summed E-state index contributed by atoms with van der Waals surface area (Å²) in [4.78, 5) is 22.4. The number of carboxylic acids is 1. The van der Waals surface area contributed by atoms with E-state index >= 15 is 0 Å². The summed E-state index contributed by atoms with van der Waals surface area (Å²) in [6.45, 7) is 5.54. The van der Waals surface area contributed by atoms with Crippen molar-refractivity contribution in [1.82, 2.24) is 0 Å². The SMILES string of the molecule is C=C(C)C(=O)OCCCCCCCCc1c(C(=O)O)ccc([O-])c1Cl. The first kappa shape index (κ1) is 21.0. The second kappa shape index (κ2) is 10.8. The van der Waals surface area contributed by atoms with Gasteiger partial charge in [-0.15, -0.1) is 0 Å². The van der Waals surface area contributed by atoms with E-state index in [1.165, 1.54) is 12.1 Å². The Balaban J connectivity index is 2.24. The van der Waals surface area contributed by atoms with Crippen molar-refractivity contribution in [3.8, 4) is 5.75 Å². The van der Waals surface area contributed by atoms with Crippen LogP contribution >= 0.6 is 11.6 Å². The number of carbonyl (C=O) groups is 2. The largest absolute Gasteiger partial charge is 0.871 e. The molecule has 0 atom stereocenters. The molecule has 0 spiro atoms. The zero-order valence-electron chi connectivity index (χ0n) is 14.5. The van der Waals surface area contributed by atoms with Crippen molar-refractivity contribution in [3.05, 3.63) is 40.4 Å². The Labute approximate surface area is 153 Å². The highest BCUT2D eigenvalue weighted by Crippen LogP contribution is 2.29. The zero-order valence-corrected chi connectivity index (χ0v) is 15.2. The van der Waals surface area contributed by atoms with E-state index in [-0.39, 0.29) is 22.3 Å². The van der Waals surface area contributed by atoms with Crippen molar-refractivity contribution < 1.29 is 24.5 Å². The molecule has 0 aromatic heterocycles. The number of ether oxygens (including phenoxy) is 1. The number of aromatic carboxylic acids is 1. The third kappa shape index (κ3) is 7.18. The Morgan fingerprint density at radius 2 is 1.76 bits per heavy atom. The first-order valence-electron chi connectivity index (χ1n) is 8.39. The van der Waals surface area contributed by atoms with Crippen LogP contribution in [0.4, 0.5) is 0 Å². The molecule has 0 aliphatic heterocycles. The molecule has 138 valence electrons. The second-order valence-electron chi connectivity index (χ2n) is 6.00. The van der Waals surface area contributed by atoms with Crippen LogP contribution in [0.15, 0.2) is 24.3 Å². The number of unbranched alkanes of at least 4 members (excludes halogenated alkanes) is 5. The van der Waals surface area contributed by atoms with Gasteiger partial charge < -0.3 is 14.9 Å². The highest BCUT2D eigenvalue weighted by atomic mass is 35.5. The Bertz CT molecular complexity index is 624. The molecule has 1 aromatic rings. The zero-order chi connectivity index (χ0) is 18.8. The highest BCUT2D eigenvalue weighted by molar-refractivity contribution is 6.33. The highest BCUT2D eigenvalue weighted by Gasteiger charge is 2.13. The summed E-state index contributed by atoms with van der Waals surface area (Å²) in [5.41, 5.74) is 0.929. The lowest BCUT2D eigenvalue weighted by molar-refractivity contribution is -0.268. The summed E-state index contributed by atoms with van der Waals surface area (Å²) < 4.78 is 5.01. The van der Waals surface area contributed by atoms with Gasteiger partial charge in [-0.1, -0.05) is 55.7 Å². The molecule has 0 aliphatic carbocycles. The summed E-state index contributed by atoms with van der Waals surface area (Å²) in [5, 5.41) is 20.8. The quantitative estimate of drug-likeness (QED) is 0.361. The van der Waals surface area contributed by atoms with Gasteiger partial charge in [0.15, 0.2) is 0 Å². The minimum atomic E-state index is -1.07. The minimum Gasteiger partial charge on any atom is -0.871 e. The molecule has 1 aromatic carbocycles. The molecule has 0 saturated heterocycles. The summed E-state index contributed by atoms with van der Waals surface area (Å²) in [6.07, 6.45) is 5.94. The van der Waals surface area contributed by atoms with Crippen molar-refractivity contribution in [2.45, 2.75) is 51.9 Å². The smallest absolute Gasteiger partial charge is 0.336 e. The fraction of sp³-hybridized carbons (Fsp3) is 0.474. The van der Waals surface area contributed by atoms with Gasteiger partial charge in [0.25, 0.3) is 0 Å². The molecular weight excluding hydrogens is 344 g/mol. The van der Waals surface area contributed by atoms with Crippen molar-refractivity contribution in [2.24, 2.45) is 0 Å². The fourth-order valence-corrected chi connectivity index (χ4v) is 2.70. The molecule has 0 fully saturated rings. The third-order valence-electron chi connectivity index (χ3n) is 3.84. The Hall–Kier alpha value is -2.01. The Morgan fingerprint density at radius 1 is 1.16 bits per heavy atom. The summed E-state index contributed by atoms with van der Waals surface area (Å²) in [6, 6.07) is 2.51. The predicted octanol–water partition coefficient (Wildman–Crippen LogP) is 4.11. The monoisotopic (exact) mass is 367 g/mol. The van der Waals surface area contributed by atoms with Gasteiger partial charge in [0.2, 0.25) is 0 Å². The predicted molar refractivity (Wildman–Crippen MR) is 95.0 cm³/mol. The van der Waals surface area contributed by atoms with Crippen LogP contribution < -0.4 is 5.11 Å². The van der Waals surface area contributed by atoms with Gasteiger partial charge in [0, 0.05) is 10.6 Å². The van der Waals surface area contributed by atoms with E-state index in [0.29, 0.717) is 24.2 Å². The molecule has 6 heteroatoms. The second-order valence-corrected chi connectivity index (χ2v) is 6.37. The standard InChI is InChI=1S/C19H25ClO5/c1-13(2)19(24)25-12-8-6-4-3-5-7-9-14-15(18(22)23)10-11-16(21)17(14)20/h10-11,21H,1,3-9,12H2,2H3,(H,22,23)/p-1. The van der Waals surface area contributed by atoms with E-state index < -0.39 is 5.97 Å². The molecule has 5 nitrogen and oxygen atoms in total. The molecule has 0 unspecified atom stereocenters. The third-order valence-corrected chi connectivity index (χ3v) is 4.26. The van der Waals surface area contributed by atoms with E-state index in [1.807, 2.05) is 0 Å². The normalized spacial score (nSPS) is 10.5. The average molecular weight is 368 g/mol. The van der Waals surface area contributed by atoms with Crippen LogP contribution in [-0.4, -0.2) is 23.7 Å². The van der Waals surface area contributed by atoms with E-state index in [0.717, 1.165) is 38.5 Å². The summed E-state index contributed by atoms with van der Waals surface area (Å²) in [7, 11) is 0. The van der Waals surface area contributed by atoms with Crippen LogP contribution in [0.25, 0.3) is 0 Å². The van der Waals surface area contributed by atoms with Crippen LogP contribution in [0.5, 0.6) is 5.75 Å². The van der Waals surface area contributed by atoms with Crippen LogP contribution in [-0.2, 0) is 16.0 Å². The molecule has 0 saturated carbocycles. The lowest BCUT2D eigenvalue weighted by Crippen LogP contribution is -2.06. The Kier molecular flexibility index (Phi) is 9.06. The number of carboxylic acid groups (broad SMARTS) is 1. The number of hydrogen-bond donors (Lipinski definition) is 1. The number of carbonyl (C=O) groups excluding carboxylic acids is 1. The van der Waals surface area contributed by atoms with Crippen LogP contribution in [0, 0.1) is 0 Å². The number of esters is 1. The first-order valence-corrected chi connectivity index (χ1v) is 8.76. The number of benzene rings is 1. The molecule has 0 heterocycles. The van der Waals surface area contributed by atoms with Crippen LogP contribution in [0.1, 0.15) is 61.4 Å². The van der Waals surface area contributed by atoms with E-state index in [2.05, 4.69) is 6.58 Å². The average Bonchev–Trinajstić information content (AvgIpc) is 2.56. The molecule has 1 rings (SSSR count). The first-order chi connectivity index (χ1) is 11.8. The van der Waals surface area contributed by atoms with Gasteiger partial charge in [0.05, 0.1) is 12.2 Å². The van der Waals surface area contributed by atoms with Crippen molar-refractivity contribution >= 4 is 23.5 Å². The van der Waals surface area contributed by atoms with Gasteiger partial charge in [-0.25, -0.2) is 9.59 Å². The minimum absolute atomic E-state index is 0.0132. The van der Waals surface area contributed by atoms with Crippen LogP contribution in [0.2, 0.25) is 5.02 Å². The van der Waals surface area contributed by atoms with Gasteiger partial charge in [-0.05, 0) is 37.8 Å². The number of halogens is 1. The molecular formula is C19H24ClO5-. The maximum absolute atomic E-state index is 11.6. The summed E-state index contributed by atoms with van der Waals surface area (Å²) in [5.74, 6) is -1.76. The molecule has 0 radical (unpaired) electrons. The topological polar surface area (TPSA) is 86.7 Å².